The predicted octanol–water partition coefficient (Wildman–Crippen LogP) is 3.45. The van der Waals surface area contributed by atoms with Gasteiger partial charge in [0.1, 0.15) is 11.4 Å². The molecule has 0 saturated carbocycles. The van der Waals surface area contributed by atoms with Crippen molar-refractivity contribution >= 4 is 23.8 Å². The molecular weight excluding hydrogens is 448 g/mol. The number of benzene rings is 2. The Labute approximate surface area is 205 Å². The number of Topliss-reactive ketones (excluding diaryl/α,β-unsaturated/α-hetero) is 1. The Kier molecular flexibility index (Phi) is 8.27. The summed E-state index contributed by atoms with van der Waals surface area (Å²) in [6.07, 6.45) is 0.343. The van der Waals surface area contributed by atoms with Crippen molar-refractivity contribution in [1.29, 1.82) is 0 Å². The van der Waals surface area contributed by atoms with Gasteiger partial charge in [0.2, 0.25) is 11.7 Å². The molecule has 1 N–H and O–H groups in total. The maximum absolute atomic E-state index is 12.5. The summed E-state index contributed by atoms with van der Waals surface area (Å²) in [5.41, 5.74) is 2.44. The van der Waals surface area contributed by atoms with Gasteiger partial charge < -0.3 is 19.7 Å². The molecule has 2 aromatic rings. The zero-order valence-electron chi connectivity index (χ0n) is 20.6. The molecule has 0 fully saturated rings. The highest BCUT2D eigenvalue weighted by Crippen LogP contribution is 2.19. The molecule has 1 aliphatic heterocycles. The smallest absolute Gasteiger partial charge is 0.428 e. The lowest BCUT2D eigenvalue weighted by Gasteiger charge is -2.28. The summed E-state index contributed by atoms with van der Waals surface area (Å²) in [6, 6.07) is 14.6. The second kappa shape index (κ2) is 11.2. The van der Waals surface area contributed by atoms with E-state index in [9.17, 15) is 19.2 Å². The van der Waals surface area contributed by atoms with Crippen LogP contribution in [-0.2, 0) is 38.5 Å². The fourth-order valence-corrected chi connectivity index (χ4v) is 3.77. The van der Waals surface area contributed by atoms with Crippen molar-refractivity contribution in [3.8, 4) is 5.75 Å². The van der Waals surface area contributed by atoms with E-state index in [1.807, 2.05) is 24.3 Å². The number of amides is 2. The number of nitrogens with one attached hydrogen (secondary N) is 1. The minimum Gasteiger partial charge on any atom is -0.428 e. The monoisotopic (exact) mass is 480 g/mol. The molecule has 8 nitrogen and oxygen atoms in total. The van der Waals surface area contributed by atoms with Crippen LogP contribution in [0.15, 0.2) is 48.5 Å². The molecule has 0 saturated heterocycles. The molecule has 0 aliphatic carbocycles. The van der Waals surface area contributed by atoms with E-state index in [4.69, 9.17) is 9.47 Å². The Bertz CT molecular complexity index is 1090. The van der Waals surface area contributed by atoms with Crippen LogP contribution in [0.4, 0.5) is 4.79 Å². The first-order valence-electron chi connectivity index (χ1n) is 11.7. The molecule has 0 aromatic heterocycles. The molecule has 2 aromatic carbocycles. The molecule has 186 valence electrons. The zero-order valence-corrected chi connectivity index (χ0v) is 20.6. The molecule has 2 amide bonds. The summed E-state index contributed by atoms with van der Waals surface area (Å²) in [7, 11) is 0. The van der Waals surface area contributed by atoms with E-state index in [-0.39, 0.29) is 12.5 Å². The quantitative estimate of drug-likeness (QED) is 0.370. The number of hydrogen-bond donors (Lipinski definition) is 1. The first-order chi connectivity index (χ1) is 16.5. The van der Waals surface area contributed by atoms with Crippen molar-refractivity contribution in [3.63, 3.8) is 0 Å². The van der Waals surface area contributed by atoms with E-state index in [1.54, 1.807) is 52.0 Å². The first-order valence-corrected chi connectivity index (χ1v) is 11.7. The topological polar surface area (TPSA) is 102 Å². The minimum absolute atomic E-state index is 0.316. The fourth-order valence-electron chi connectivity index (χ4n) is 3.77. The standard InChI is InChI=1S/C27H32N2O6/c1-18(15-19-9-11-22(12-10-19)34-26(33)35-27(2,3)4)24(31)28-16-23(30)25(32)29-14-13-20-7-5-6-8-21(20)17-29/h5-12,18H,13-17H2,1-4H3,(H,28,31)/t18-/m0/s1. The molecule has 0 bridgehead atoms. The third-order valence-electron chi connectivity index (χ3n) is 5.58. The number of nitrogens with zero attached hydrogens (tertiary/aromatic N) is 1. The van der Waals surface area contributed by atoms with Crippen LogP contribution < -0.4 is 10.1 Å². The van der Waals surface area contributed by atoms with E-state index in [1.165, 1.54) is 10.5 Å². The molecular formula is C27H32N2O6. The van der Waals surface area contributed by atoms with Crippen LogP contribution in [0, 0.1) is 5.92 Å². The molecule has 3 rings (SSSR count). The summed E-state index contributed by atoms with van der Waals surface area (Å²) in [5, 5.41) is 2.58. The number of ketones is 1. The Hall–Kier alpha value is -3.68. The predicted molar refractivity (Wildman–Crippen MR) is 130 cm³/mol. The Morgan fingerprint density at radius 1 is 1.00 bits per heavy atom. The summed E-state index contributed by atoms with van der Waals surface area (Å²) in [4.78, 5) is 50.7. The van der Waals surface area contributed by atoms with Crippen LogP contribution >= 0.6 is 0 Å². The van der Waals surface area contributed by atoms with Crippen molar-refractivity contribution in [3.05, 3.63) is 65.2 Å². The lowest BCUT2D eigenvalue weighted by Crippen LogP contribution is -2.44. The van der Waals surface area contributed by atoms with Gasteiger partial charge in [0.25, 0.3) is 5.91 Å². The highest BCUT2D eigenvalue weighted by molar-refractivity contribution is 6.37. The van der Waals surface area contributed by atoms with Gasteiger partial charge in [-0.3, -0.25) is 14.4 Å². The number of rotatable bonds is 7. The Morgan fingerprint density at radius 3 is 2.31 bits per heavy atom. The second-order valence-corrected chi connectivity index (χ2v) is 9.70. The molecule has 0 radical (unpaired) electrons. The number of ether oxygens (including phenoxy) is 2. The maximum atomic E-state index is 12.5. The van der Waals surface area contributed by atoms with Crippen molar-refractivity contribution < 1.29 is 28.7 Å². The average Bonchev–Trinajstić information content (AvgIpc) is 2.81. The second-order valence-electron chi connectivity index (χ2n) is 9.70. The third-order valence-corrected chi connectivity index (χ3v) is 5.58. The summed E-state index contributed by atoms with van der Waals surface area (Å²) in [6.45, 7) is 7.55. The van der Waals surface area contributed by atoms with Crippen molar-refractivity contribution in [2.24, 2.45) is 5.92 Å². The van der Waals surface area contributed by atoms with Crippen LogP contribution in [-0.4, -0.2) is 47.3 Å². The van der Waals surface area contributed by atoms with Crippen LogP contribution in [0.1, 0.15) is 44.4 Å². The number of carbonyl (C=O) groups is 4. The molecule has 8 heteroatoms. The molecule has 1 heterocycles. The van der Waals surface area contributed by atoms with E-state index in [0.29, 0.717) is 31.7 Å². The summed E-state index contributed by atoms with van der Waals surface area (Å²) >= 11 is 0. The van der Waals surface area contributed by atoms with Crippen molar-refractivity contribution in [1.82, 2.24) is 10.2 Å². The normalized spacial score (nSPS) is 13.9. The van der Waals surface area contributed by atoms with Crippen LogP contribution in [0.25, 0.3) is 0 Å². The fraction of sp³-hybridized carbons (Fsp3) is 0.407. The lowest BCUT2D eigenvalue weighted by molar-refractivity contribution is -0.145. The SMILES string of the molecule is C[C@@H](Cc1ccc(OC(=O)OC(C)(C)C)cc1)C(=O)NCC(=O)C(=O)N1CCc2ccccc2C1. The number of carbonyl (C=O) groups excluding carboxylic acids is 4. The van der Waals surface area contributed by atoms with Gasteiger partial charge in [0, 0.05) is 19.0 Å². The Balaban J connectivity index is 1.44. The molecule has 0 spiro atoms. The highest BCUT2D eigenvalue weighted by Gasteiger charge is 2.26. The van der Waals surface area contributed by atoms with Gasteiger partial charge in [-0.15, -0.1) is 0 Å². The maximum Gasteiger partial charge on any atom is 0.514 e. The summed E-state index contributed by atoms with van der Waals surface area (Å²) < 4.78 is 10.3. The van der Waals surface area contributed by atoms with E-state index < -0.39 is 29.4 Å². The molecule has 0 unspecified atom stereocenters. The van der Waals surface area contributed by atoms with Crippen molar-refractivity contribution in [2.75, 3.05) is 13.1 Å². The highest BCUT2D eigenvalue weighted by atomic mass is 16.7. The zero-order chi connectivity index (χ0) is 25.6. The third kappa shape index (κ3) is 7.67. The first kappa shape index (κ1) is 25.9. The minimum atomic E-state index is -0.786. The van der Waals surface area contributed by atoms with Crippen molar-refractivity contribution in [2.45, 2.75) is 52.7 Å². The lowest BCUT2D eigenvalue weighted by atomic mass is 9.99. The summed E-state index contributed by atoms with van der Waals surface area (Å²) in [5.74, 6) is -1.60. The van der Waals surface area contributed by atoms with E-state index in [0.717, 1.165) is 11.1 Å². The number of hydrogen-bond acceptors (Lipinski definition) is 6. The number of fused-ring (bicyclic) bond motifs is 1. The Morgan fingerprint density at radius 2 is 1.66 bits per heavy atom. The average molecular weight is 481 g/mol. The molecule has 1 aliphatic rings. The molecule has 1 atom stereocenters. The van der Waals surface area contributed by atoms with Crippen LogP contribution in [0.3, 0.4) is 0 Å². The van der Waals surface area contributed by atoms with Crippen LogP contribution in [0.2, 0.25) is 0 Å². The van der Waals surface area contributed by atoms with Gasteiger partial charge >= 0.3 is 6.16 Å². The molecule has 35 heavy (non-hydrogen) atoms. The van der Waals surface area contributed by atoms with E-state index in [2.05, 4.69) is 5.32 Å². The van der Waals surface area contributed by atoms with E-state index >= 15 is 0 Å². The van der Waals surface area contributed by atoms with Gasteiger partial charge in [-0.25, -0.2) is 4.79 Å². The van der Waals surface area contributed by atoms with Gasteiger partial charge in [0.15, 0.2) is 0 Å². The van der Waals surface area contributed by atoms with Gasteiger partial charge in [0.05, 0.1) is 6.54 Å². The van der Waals surface area contributed by atoms with Gasteiger partial charge in [-0.2, -0.15) is 0 Å². The largest absolute Gasteiger partial charge is 0.514 e. The van der Waals surface area contributed by atoms with Gasteiger partial charge in [-0.1, -0.05) is 43.3 Å². The van der Waals surface area contributed by atoms with Gasteiger partial charge in [-0.05, 0) is 62.4 Å². The van der Waals surface area contributed by atoms with Crippen LogP contribution in [0.5, 0.6) is 5.75 Å².